The van der Waals surface area contributed by atoms with Gasteiger partial charge in [0, 0.05) is 12.7 Å². The molecule has 0 heterocycles. The second kappa shape index (κ2) is 5.79. The fourth-order valence-electron chi connectivity index (χ4n) is 1.98. The van der Waals surface area contributed by atoms with Gasteiger partial charge in [0.25, 0.3) is 0 Å². The Hall–Kier alpha value is -0.980. The topological polar surface area (TPSA) is 12.0 Å². The Balaban J connectivity index is 2.76. The molecule has 0 aromatic heterocycles. The number of aryl methyl sites for hydroxylation is 3. The lowest BCUT2D eigenvalue weighted by Gasteiger charge is -2.11. The highest BCUT2D eigenvalue weighted by atomic mass is 14.8. The molecule has 84 valence electrons. The van der Waals surface area contributed by atoms with Crippen LogP contribution in [0.5, 0.6) is 0 Å². The van der Waals surface area contributed by atoms with Crippen LogP contribution in [0, 0.1) is 13.8 Å². The van der Waals surface area contributed by atoms with Crippen LogP contribution in [0.1, 0.15) is 42.9 Å². The van der Waals surface area contributed by atoms with Gasteiger partial charge in [-0.1, -0.05) is 25.8 Å². The van der Waals surface area contributed by atoms with E-state index in [1.165, 1.54) is 48.1 Å². The quantitative estimate of drug-likeness (QED) is 0.714. The molecule has 0 aliphatic heterocycles. The Morgan fingerprint density at radius 2 is 1.80 bits per heavy atom. The predicted octanol–water partition coefficient (Wildman–Crippen LogP) is 4.08. The van der Waals surface area contributed by atoms with Crippen LogP contribution in [0.15, 0.2) is 12.1 Å². The fourth-order valence-corrected chi connectivity index (χ4v) is 1.98. The van der Waals surface area contributed by atoms with Crippen molar-refractivity contribution in [2.45, 2.75) is 46.5 Å². The first-order valence-electron chi connectivity index (χ1n) is 5.97. The highest BCUT2D eigenvalue weighted by Gasteiger charge is 2.02. The molecule has 0 saturated heterocycles. The largest absolute Gasteiger partial charge is 0.388 e. The molecule has 1 N–H and O–H groups in total. The molecule has 1 heteroatoms. The van der Waals surface area contributed by atoms with Gasteiger partial charge in [-0.05, 0) is 49.4 Å². The maximum Gasteiger partial charge on any atom is 0.0370 e. The van der Waals surface area contributed by atoms with E-state index in [4.69, 9.17) is 0 Å². The van der Waals surface area contributed by atoms with E-state index < -0.39 is 0 Å². The van der Waals surface area contributed by atoms with Crippen LogP contribution in [-0.4, -0.2) is 7.05 Å². The molecule has 0 radical (unpaired) electrons. The third-order valence-electron chi connectivity index (χ3n) is 3.00. The second-order valence-electron chi connectivity index (χ2n) is 4.30. The minimum atomic E-state index is 1.23. The SMILES string of the molecule is CCCCCc1cc(C)c(NC)cc1C. The number of unbranched alkanes of at least 4 members (excludes halogenated alkanes) is 2. The molecular weight excluding hydrogens is 182 g/mol. The molecule has 1 rings (SSSR count). The molecule has 0 saturated carbocycles. The molecule has 0 bridgehead atoms. The number of hydrogen-bond donors (Lipinski definition) is 1. The Labute approximate surface area is 93.9 Å². The summed E-state index contributed by atoms with van der Waals surface area (Å²) in [5, 5.41) is 3.23. The van der Waals surface area contributed by atoms with E-state index >= 15 is 0 Å². The summed E-state index contributed by atoms with van der Waals surface area (Å²) >= 11 is 0. The molecular formula is C14H23N. The summed E-state index contributed by atoms with van der Waals surface area (Å²) in [6.45, 7) is 6.64. The van der Waals surface area contributed by atoms with Crippen molar-refractivity contribution in [2.75, 3.05) is 12.4 Å². The van der Waals surface area contributed by atoms with Gasteiger partial charge in [-0.25, -0.2) is 0 Å². The number of rotatable bonds is 5. The van der Waals surface area contributed by atoms with Gasteiger partial charge in [0.15, 0.2) is 0 Å². The smallest absolute Gasteiger partial charge is 0.0370 e. The van der Waals surface area contributed by atoms with E-state index in [9.17, 15) is 0 Å². The van der Waals surface area contributed by atoms with E-state index in [0.717, 1.165) is 0 Å². The van der Waals surface area contributed by atoms with Crippen LogP contribution in [0.25, 0.3) is 0 Å². The summed E-state index contributed by atoms with van der Waals surface area (Å²) in [5.41, 5.74) is 5.54. The summed E-state index contributed by atoms with van der Waals surface area (Å²) in [7, 11) is 1.98. The van der Waals surface area contributed by atoms with Crippen LogP contribution in [0.2, 0.25) is 0 Å². The molecule has 0 spiro atoms. The second-order valence-corrected chi connectivity index (χ2v) is 4.30. The lowest BCUT2D eigenvalue weighted by molar-refractivity contribution is 0.715. The van der Waals surface area contributed by atoms with Crippen LogP contribution in [0.3, 0.4) is 0 Å². The standard InChI is InChI=1S/C14H23N/c1-5-6-7-8-13-9-12(3)14(15-4)10-11(13)2/h9-10,15H,5-8H2,1-4H3. The van der Waals surface area contributed by atoms with Gasteiger partial charge in [-0.15, -0.1) is 0 Å². The summed E-state index contributed by atoms with van der Waals surface area (Å²) in [5.74, 6) is 0. The highest BCUT2D eigenvalue weighted by molar-refractivity contribution is 5.54. The van der Waals surface area contributed by atoms with Crippen molar-refractivity contribution < 1.29 is 0 Å². The first kappa shape index (κ1) is 12.1. The molecule has 0 aliphatic rings. The summed E-state index contributed by atoms with van der Waals surface area (Å²) in [6, 6.07) is 4.59. The third kappa shape index (κ3) is 3.26. The highest BCUT2D eigenvalue weighted by Crippen LogP contribution is 2.21. The first-order chi connectivity index (χ1) is 7.19. The Morgan fingerprint density at radius 1 is 1.07 bits per heavy atom. The summed E-state index contributed by atoms with van der Waals surface area (Å²) in [6.07, 6.45) is 5.18. The maximum atomic E-state index is 3.23. The zero-order chi connectivity index (χ0) is 11.3. The Bertz CT molecular complexity index is 315. The zero-order valence-electron chi connectivity index (χ0n) is 10.5. The minimum Gasteiger partial charge on any atom is -0.388 e. The number of nitrogens with one attached hydrogen (secondary N) is 1. The molecule has 0 unspecified atom stereocenters. The number of benzene rings is 1. The first-order valence-corrected chi connectivity index (χ1v) is 5.97. The Morgan fingerprint density at radius 3 is 2.40 bits per heavy atom. The lowest BCUT2D eigenvalue weighted by Crippen LogP contribution is -1.97. The van der Waals surface area contributed by atoms with Gasteiger partial charge in [0.1, 0.15) is 0 Å². The van der Waals surface area contributed by atoms with Crippen molar-refractivity contribution in [3.63, 3.8) is 0 Å². The number of hydrogen-bond acceptors (Lipinski definition) is 1. The molecule has 15 heavy (non-hydrogen) atoms. The van der Waals surface area contributed by atoms with E-state index in [2.05, 4.69) is 38.2 Å². The fraction of sp³-hybridized carbons (Fsp3) is 0.571. The third-order valence-corrected chi connectivity index (χ3v) is 3.00. The van der Waals surface area contributed by atoms with Crippen molar-refractivity contribution >= 4 is 5.69 Å². The van der Waals surface area contributed by atoms with Gasteiger partial charge in [-0.2, -0.15) is 0 Å². The van der Waals surface area contributed by atoms with Crippen molar-refractivity contribution in [1.82, 2.24) is 0 Å². The average molecular weight is 205 g/mol. The van der Waals surface area contributed by atoms with E-state index in [0.29, 0.717) is 0 Å². The zero-order valence-corrected chi connectivity index (χ0v) is 10.5. The molecule has 0 amide bonds. The van der Waals surface area contributed by atoms with Gasteiger partial charge >= 0.3 is 0 Å². The maximum absolute atomic E-state index is 3.23. The average Bonchev–Trinajstić information content (AvgIpc) is 2.23. The van der Waals surface area contributed by atoms with Crippen LogP contribution >= 0.6 is 0 Å². The van der Waals surface area contributed by atoms with Gasteiger partial charge in [-0.3, -0.25) is 0 Å². The monoisotopic (exact) mass is 205 g/mol. The lowest BCUT2D eigenvalue weighted by atomic mass is 9.99. The van der Waals surface area contributed by atoms with E-state index in [-0.39, 0.29) is 0 Å². The molecule has 0 aliphatic carbocycles. The normalized spacial score (nSPS) is 10.4. The van der Waals surface area contributed by atoms with E-state index in [1.54, 1.807) is 0 Å². The molecule has 1 nitrogen and oxygen atoms in total. The molecule has 1 aromatic rings. The van der Waals surface area contributed by atoms with Crippen molar-refractivity contribution in [3.05, 3.63) is 28.8 Å². The van der Waals surface area contributed by atoms with Crippen LogP contribution in [0.4, 0.5) is 5.69 Å². The van der Waals surface area contributed by atoms with Crippen molar-refractivity contribution in [1.29, 1.82) is 0 Å². The molecule has 0 atom stereocenters. The number of anilines is 1. The van der Waals surface area contributed by atoms with Gasteiger partial charge in [0.05, 0.1) is 0 Å². The molecule has 0 fully saturated rings. The van der Waals surface area contributed by atoms with Gasteiger partial charge in [0.2, 0.25) is 0 Å². The van der Waals surface area contributed by atoms with Gasteiger partial charge < -0.3 is 5.32 Å². The van der Waals surface area contributed by atoms with Crippen molar-refractivity contribution in [3.8, 4) is 0 Å². The summed E-state index contributed by atoms with van der Waals surface area (Å²) in [4.78, 5) is 0. The summed E-state index contributed by atoms with van der Waals surface area (Å²) < 4.78 is 0. The van der Waals surface area contributed by atoms with E-state index in [1.807, 2.05) is 7.05 Å². The molecule has 1 aromatic carbocycles. The van der Waals surface area contributed by atoms with Crippen LogP contribution < -0.4 is 5.32 Å². The predicted molar refractivity (Wildman–Crippen MR) is 68.7 cm³/mol. The Kier molecular flexibility index (Phi) is 4.67. The van der Waals surface area contributed by atoms with Crippen molar-refractivity contribution in [2.24, 2.45) is 0 Å². The van der Waals surface area contributed by atoms with Crippen LogP contribution in [-0.2, 0) is 6.42 Å². The minimum absolute atomic E-state index is 1.23.